The number of likely N-dealkylation sites (N-methyl/N-ethyl adjacent to an activating group) is 1. The van der Waals surface area contributed by atoms with Crippen LogP contribution < -0.4 is 10.8 Å². The third kappa shape index (κ3) is 3.22. The predicted molar refractivity (Wildman–Crippen MR) is 60.2 cm³/mol. The molecule has 1 rings (SSSR count). The fraction of sp³-hybridized carbons (Fsp3) is 0.364. The van der Waals surface area contributed by atoms with Gasteiger partial charge >= 0.3 is 0 Å². The van der Waals surface area contributed by atoms with E-state index in [1.807, 2.05) is 13.1 Å². The highest BCUT2D eigenvalue weighted by Gasteiger charge is 2.10. The van der Waals surface area contributed by atoms with Crippen LogP contribution in [0.15, 0.2) is 18.2 Å². The van der Waals surface area contributed by atoms with Crippen LogP contribution in [0.1, 0.15) is 15.9 Å². The second-order valence-electron chi connectivity index (χ2n) is 3.34. The molecule has 88 valence electrons. The quantitative estimate of drug-likeness (QED) is 0.635. The number of rotatable bonds is 5. The van der Waals surface area contributed by atoms with Crippen LogP contribution >= 0.6 is 0 Å². The maximum absolute atomic E-state index is 11.4. The van der Waals surface area contributed by atoms with Crippen molar-refractivity contribution >= 4 is 5.91 Å². The maximum Gasteiger partial charge on any atom is 0.278 e. The topological polar surface area (TPSA) is 70.6 Å². The molecule has 0 unspecified atom stereocenters. The lowest BCUT2D eigenvalue weighted by Crippen LogP contribution is -2.21. The van der Waals surface area contributed by atoms with Gasteiger partial charge in [-0.3, -0.25) is 9.63 Å². The summed E-state index contributed by atoms with van der Waals surface area (Å²) in [6, 6.07) is 4.97. The third-order valence-electron chi connectivity index (χ3n) is 2.17. The first-order valence-electron chi connectivity index (χ1n) is 4.99. The molecular formula is C11H16N2O3. The standard InChI is InChI=1S/C11H16N2O3/c1-12-6-5-8-3-4-9(10(14)7-8)11(15)13-16-2/h3-4,7,12,14H,5-6H2,1-2H3,(H,13,15). The van der Waals surface area contributed by atoms with Crippen LogP contribution in [0.4, 0.5) is 0 Å². The highest BCUT2D eigenvalue weighted by molar-refractivity contribution is 5.96. The fourth-order valence-electron chi connectivity index (χ4n) is 1.34. The molecule has 0 bridgehead atoms. The lowest BCUT2D eigenvalue weighted by molar-refractivity contribution is 0.0535. The minimum Gasteiger partial charge on any atom is -0.507 e. The van der Waals surface area contributed by atoms with Crippen molar-refractivity contribution in [2.75, 3.05) is 20.7 Å². The zero-order valence-electron chi connectivity index (χ0n) is 9.41. The molecule has 0 aliphatic heterocycles. The Bertz CT molecular complexity index is 366. The van der Waals surface area contributed by atoms with Crippen LogP contribution in [-0.4, -0.2) is 31.7 Å². The second-order valence-corrected chi connectivity index (χ2v) is 3.34. The maximum atomic E-state index is 11.4. The van der Waals surface area contributed by atoms with Crippen molar-refractivity contribution in [3.05, 3.63) is 29.3 Å². The summed E-state index contributed by atoms with van der Waals surface area (Å²) < 4.78 is 0. The summed E-state index contributed by atoms with van der Waals surface area (Å²) in [5.41, 5.74) is 3.33. The van der Waals surface area contributed by atoms with Crippen LogP contribution in [0.3, 0.4) is 0 Å². The number of benzene rings is 1. The summed E-state index contributed by atoms with van der Waals surface area (Å²) in [5.74, 6) is -0.497. The van der Waals surface area contributed by atoms with E-state index in [0.717, 1.165) is 18.5 Å². The number of hydrogen-bond donors (Lipinski definition) is 3. The van der Waals surface area contributed by atoms with Gasteiger partial charge in [-0.15, -0.1) is 0 Å². The number of carbonyl (C=O) groups excluding carboxylic acids is 1. The van der Waals surface area contributed by atoms with E-state index in [1.54, 1.807) is 12.1 Å². The zero-order chi connectivity index (χ0) is 12.0. The van der Waals surface area contributed by atoms with E-state index in [0.29, 0.717) is 0 Å². The van der Waals surface area contributed by atoms with Gasteiger partial charge in [0.1, 0.15) is 5.75 Å². The SMILES string of the molecule is CNCCc1ccc(C(=O)NOC)c(O)c1. The minimum absolute atomic E-state index is 0.0387. The Labute approximate surface area is 94.4 Å². The summed E-state index contributed by atoms with van der Waals surface area (Å²) in [7, 11) is 3.20. The van der Waals surface area contributed by atoms with Gasteiger partial charge in [-0.1, -0.05) is 6.07 Å². The van der Waals surface area contributed by atoms with Crippen molar-refractivity contribution < 1.29 is 14.7 Å². The normalized spacial score (nSPS) is 10.1. The van der Waals surface area contributed by atoms with E-state index in [4.69, 9.17) is 0 Å². The number of phenolic OH excluding ortho intramolecular Hbond substituents is 1. The average Bonchev–Trinajstić information content (AvgIpc) is 2.26. The molecule has 0 radical (unpaired) electrons. The fourth-order valence-corrected chi connectivity index (χ4v) is 1.34. The lowest BCUT2D eigenvalue weighted by atomic mass is 10.1. The molecule has 0 atom stereocenters. The van der Waals surface area contributed by atoms with E-state index in [9.17, 15) is 9.90 Å². The van der Waals surface area contributed by atoms with Crippen molar-refractivity contribution in [1.82, 2.24) is 10.8 Å². The second kappa shape index (κ2) is 6.09. The first kappa shape index (κ1) is 12.5. The molecule has 1 aromatic carbocycles. The van der Waals surface area contributed by atoms with Crippen molar-refractivity contribution in [1.29, 1.82) is 0 Å². The van der Waals surface area contributed by atoms with Crippen molar-refractivity contribution in [2.24, 2.45) is 0 Å². The van der Waals surface area contributed by atoms with Gasteiger partial charge in [0.05, 0.1) is 12.7 Å². The number of amides is 1. The molecule has 5 heteroatoms. The van der Waals surface area contributed by atoms with Crippen molar-refractivity contribution in [3.8, 4) is 5.75 Å². The Morgan fingerprint density at radius 3 is 2.81 bits per heavy atom. The van der Waals surface area contributed by atoms with Crippen molar-refractivity contribution in [3.63, 3.8) is 0 Å². The van der Waals surface area contributed by atoms with E-state index >= 15 is 0 Å². The summed E-state index contributed by atoms with van der Waals surface area (Å²) >= 11 is 0. The minimum atomic E-state index is -0.458. The molecule has 0 aliphatic carbocycles. The van der Waals surface area contributed by atoms with Gasteiger partial charge in [0.2, 0.25) is 0 Å². The summed E-state index contributed by atoms with van der Waals surface area (Å²) in [5, 5.41) is 12.7. The summed E-state index contributed by atoms with van der Waals surface area (Å²) in [6.07, 6.45) is 0.802. The number of aromatic hydroxyl groups is 1. The predicted octanol–water partition coefficient (Wildman–Crippen LogP) is 0.445. The lowest BCUT2D eigenvalue weighted by Gasteiger charge is -2.07. The van der Waals surface area contributed by atoms with E-state index in [1.165, 1.54) is 7.11 Å². The molecule has 16 heavy (non-hydrogen) atoms. The number of phenols is 1. The highest BCUT2D eigenvalue weighted by atomic mass is 16.6. The molecule has 0 saturated carbocycles. The first-order valence-corrected chi connectivity index (χ1v) is 4.99. The molecule has 0 spiro atoms. The zero-order valence-corrected chi connectivity index (χ0v) is 9.41. The van der Waals surface area contributed by atoms with E-state index < -0.39 is 5.91 Å². The van der Waals surface area contributed by atoms with Crippen LogP contribution in [0, 0.1) is 0 Å². The average molecular weight is 224 g/mol. The Hall–Kier alpha value is -1.59. The molecule has 0 aromatic heterocycles. The Balaban J connectivity index is 2.78. The summed E-state index contributed by atoms with van der Waals surface area (Å²) in [4.78, 5) is 15.9. The van der Waals surface area contributed by atoms with Crippen LogP contribution in [0.5, 0.6) is 5.75 Å². The first-order chi connectivity index (χ1) is 7.69. The van der Waals surface area contributed by atoms with Crippen LogP contribution in [0.25, 0.3) is 0 Å². The molecule has 1 amide bonds. The number of hydrogen-bond acceptors (Lipinski definition) is 4. The van der Waals surface area contributed by atoms with Gasteiger partial charge in [-0.2, -0.15) is 0 Å². The van der Waals surface area contributed by atoms with E-state index in [2.05, 4.69) is 15.6 Å². The van der Waals surface area contributed by atoms with Gasteiger partial charge in [0.15, 0.2) is 0 Å². The summed E-state index contributed by atoms with van der Waals surface area (Å²) in [6.45, 7) is 0.822. The van der Waals surface area contributed by atoms with Crippen molar-refractivity contribution in [2.45, 2.75) is 6.42 Å². The van der Waals surface area contributed by atoms with Gasteiger partial charge in [-0.05, 0) is 37.7 Å². The Kier molecular flexibility index (Phi) is 4.75. The number of hydroxylamine groups is 1. The monoisotopic (exact) mass is 224 g/mol. The molecule has 0 saturated heterocycles. The van der Waals surface area contributed by atoms with Gasteiger partial charge in [0, 0.05) is 0 Å². The highest BCUT2D eigenvalue weighted by Crippen LogP contribution is 2.18. The van der Waals surface area contributed by atoms with Crippen LogP contribution in [-0.2, 0) is 11.3 Å². The molecule has 3 N–H and O–H groups in total. The molecule has 0 aliphatic rings. The van der Waals surface area contributed by atoms with Gasteiger partial charge < -0.3 is 10.4 Å². The number of carbonyl (C=O) groups is 1. The molecule has 0 fully saturated rings. The smallest absolute Gasteiger partial charge is 0.278 e. The molecule has 0 heterocycles. The van der Waals surface area contributed by atoms with E-state index in [-0.39, 0.29) is 11.3 Å². The van der Waals surface area contributed by atoms with Gasteiger partial charge in [-0.25, -0.2) is 5.48 Å². The third-order valence-corrected chi connectivity index (χ3v) is 2.17. The molecule has 1 aromatic rings. The largest absolute Gasteiger partial charge is 0.507 e. The molecular weight excluding hydrogens is 208 g/mol. The number of nitrogens with one attached hydrogen (secondary N) is 2. The molecule has 5 nitrogen and oxygen atoms in total. The Morgan fingerprint density at radius 2 is 2.25 bits per heavy atom. The van der Waals surface area contributed by atoms with Crippen LogP contribution in [0.2, 0.25) is 0 Å². The van der Waals surface area contributed by atoms with Gasteiger partial charge in [0.25, 0.3) is 5.91 Å². The Morgan fingerprint density at radius 1 is 1.50 bits per heavy atom.